The van der Waals surface area contributed by atoms with Crippen LogP contribution in [0.4, 0.5) is 0 Å². The van der Waals surface area contributed by atoms with E-state index < -0.39 is 0 Å². The lowest BCUT2D eigenvalue weighted by Crippen LogP contribution is -2.28. The van der Waals surface area contributed by atoms with Gasteiger partial charge in [0.15, 0.2) is 0 Å². The Morgan fingerprint density at radius 1 is 1.53 bits per heavy atom. The van der Waals surface area contributed by atoms with Gasteiger partial charge in [-0.25, -0.2) is 0 Å². The van der Waals surface area contributed by atoms with Gasteiger partial charge in [0.25, 0.3) is 0 Å². The van der Waals surface area contributed by atoms with Gasteiger partial charge < -0.3 is 9.84 Å². The number of aliphatic hydroxyl groups is 1. The SMILES string of the molecule is C[C@H](O)C[C@H]1OCC2=C1C(C)(C)CCC2. The molecule has 0 aromatic heterocycles. The van der Waals surface area contributed by atoms with Crippen LogP contribution in [-0.4, -0.2) is 23.9 Å². The molecule has 1 aliphatic carbocycles. The van der Waals surface area contributed by atoms with Gasteiger partial charge in [0.1, 0.15) is 0 Å². The van der Waals surface area contributed by atoms with Crippen molar-refractivity contribution >= 4 is 0 Å². The Bertz CT molecular complexity index is 276. The summed E-state index contributed by atoms with van der Waals surface area (Å²) in [7, 11) is 0. The van der Waals surface area contributed by atoms with Crippen molar-refractivity contribution in [3.05, 3.63) is 11.1 Å². The van der Waals surface area contributed by atoms with E-state index in [1.807, 2.05) is 6.92 Å². The second-order valence-electron chi connectivity index (χ2n) is 5.64. The minimum atomic E-state index is -0.264. The fourth-order valence-electron chi connectivity index (χ4n) is 3.09. The first kappa shape index (κ1) is 11.2. The minimum absolute atomic E-state index is 0.176. The van der Waals surface area contributed by atoms with Crippen LogP contribution in [0.25, 0.3) is 0 Å². The zero-order valence-corrected chi connectivity index (χ0v) is 10.0. The van der Waals surface area contributed by atoms with Gasteiger partial charge >= 0.3 is 0 Å². The summed E-state index contributed by atoms with van der Waals surface area (Å²) in [5.41, 5.74) is 3.29. The van der Waals surface area contributed by atoms with Crippen LogP contribution in [0.1, 0.15) is 46.5 Å². The van der Waals surface area contributed by atoms with E-state index in [9.17, 15) is 5.11 Å². The van der Waals surface area contributed by atoms with E-state index in [-0.39, 0.29) is 17.6 Å². The Morgan fingerprint density at radius 3 is 2.93 bits per heavy atom. The van der Waals surface area contributed by atoms with Gasteiger partial charge in [0.2, 0.25) is 0 Å². The predicted molar refractivity (Wildman–Crippen MR) is 60.7 cm³/mol. The average Bonchev–Trinajstić information content (AvgIpc) is 2.48. The van der Waals surface area contributed by atoms with E-state index in [1.165, 1.54) is 30.4 Å². The van der Waals surface area contributed by atoms with Crippen LogP contribution in [0.5, 0.6) is 0 Å². The van der Waals surface area contributed by atoms with Gasteiger partial charge in [-0.15, -0.1) is 0 Å². The fraction of sp³-hybridized carbons (Fsp3) is 0.846. The van der Waals surface area contributed by atoms with Gasteiger partial charge in [-0.1, -0.05) is 13.8 Å². The summed E-state index contributed by atoms with van der Waals surface area (Å²) < 4.78 is 5.81. The van der Waals surface area contributed by atoms with Crippen LogP contribution in [-0.2, 0) is 4.74 Å². The summed E-state index contributed by atoms with van der Waals surface area (Å²) in [5, 5.41) is 9.47. The van der Waals surface area contributed by atoms with Gasteiger partial charge in [-0.2, -0.15) is 0 Å². The smallest absolute Gasteiger partial charge is 0.0822 e. The monoisotopic (exact) mass is 210 g/mol. The second kappa shape index (κ2) is 3.91. The third-order valence-electron chi connectivity index (χ3n) is 3.73. The molecule has 2 heteroatoms. The number of hydrogen-bond acceptors (Lipinski definition) is 2. The summed E-state index contributed by atoms with van der Waals surface area (Å²) >= 11 is 0. The predicted octanol–water partition coefficient (Wildman–Crippen LogP) is 2.66. The van der Waals surface area contributed by atoms with Gasteiger partial charge in [-0.3, -0.25) is 0 Å². The maximum atomic E-state index is 9.47. The average molecular weight is 210 g/mol. The summed E-state index contributed by atoms with van der Waals surface area (Å²) in [6, 6.07) is 0. The topological polar surface area (TPSA) is 29.5 Å². The van der Waals surface area contributed by atoms with Crippen molar-refractivity contribution in [2.24, 2.45) is 5.41 Å². The normalized spacial score (nSPS) is 31.6. The summed E-state index contributed by atoms with van der Waals surface area (Å²) in [6.45, 7) is 7.27. The Hall–Kier alpha value is -0.340. The Balaban J connectivity index is 2.21. The standard InChI is InChI=1S/C13H22O2/c1-9(14)7-11-12-10(8-15-11)5-4-6-13(12,2)3/h9,11,14H,4-8H2,1-3H3/t9-,11+/m0/s1. The van der Waals surface area contributed by atoms with E-state index in [1.54, 1.807) is 0 Å². The Morgan fingerprint density at radius 2 is 2.27 bits per heavy atom. The lowest BCUT2D eigenvalue weighted by atomic mass is 9.71. The van der Waals surface area contributed by atoms with Crippen molar-refractivity contribution in [3.8, 4) is 0 Å². The first-order chi connectivity index (χ1) is 7.00. The van der Waals surface area contributed by atoms with E-state index in [0.29, 0.717) is 0 Å². The molecule has 1 heterocycles. The van der Waals surface area contributed by atoms with Crippen molar-refractivity contribution in [2.45, 2.75) is 58.7 Å². The quantitative estimate of drug-likeness (QED) is 0.710. The van der Waals surface area contributed by atoms with Crippen LogP contribution in [0.3, 0.4) is 0 Å². The lowest BCUT2D eigenvalue weighted by molar-refractivity contribution is 0.0602. The minimum Gasteiger partial charge on any atom is -0.393 e. The molecule has 1 N–H and O–H groups in total. The van der Waals surface area contributed by atoms with Crippen molar-refractivity contribution in [1.82, 2.24) is 0 Å². The summed E-state index contributed by atoms with van der Waals surface area (Å²) in [5.74, 6) is 0. The van der Waals surface area contributed by atoms with Crippen molar-refractivity contribution in [3.63, 3.8) is 0 Å². The number of aliphatic hydroxyl groups excluding tert-OH is 1. The van der Waals surface area contributed by atoms with E-state index in [0.717, 1.165) is 13.0 Å². The third kappa shape index (κ3) is 2.11. The van der Waals surface area contributed by atoms with Crippen LogP contribution in [0, 0.1) is 5.41 Å². The van der Waals surface area contributed by atoms with Gasteiger partial charge in [-0.05, 0) is 42.7 Å². The molecule has 0 spiro atoms. The zero-order valence-electron chi connectivity index (χ0n) is 10.0. The van der Waals surface area contributed by atoms with Crippen molar-refractivity contribution in [1.29, 1.82) is 0 Å². The number of hydrogen-bond donors (Lipinski definition) is 1. The molecule has 2 rings (SSSR count). The molecule has 0 fully saturated rings. The van der Waals surface area contributed by atoms with Crippen LogP contribution < -0.4 is 0 Å². The molecule has 0 unspecified atom stereocenters. The molecule has 15 heavy (non-hydrogen) atoms. The molecule has 0 bridgehead atoms. The summed E-state index contributed by atoms with van der Waals surface area (Å²) in [6.07, 6.45) is 4.41. The molecule has 0 saturated carbocycles. The van der Waals surface area contributed by atoms with Crippen molar-refractivity contribution < 1.29 is 9.84 Å². The van der Waals surface area contributed by atoms with Crippen LogP contribution in [0.2, 0.25) is 0 Å². The molecular weight excluding hydrogens is 188 g/mol. The number of ether oxygens (including phenoxy) is 1. The Kier molecular flexibility index (Phi) is 2.91. The molecule has 2 aliphatic rings. The zero-order chi connectivity index (χ0) is 11.1. The van der Waals surface area contributed by atoms with Crippen molar-refractivity contribution in [2.75, 3.05) is 6.61 Å². The maximum Gasteiger partial charge on any atom is 0.0822 e. The molecular formula is C13H22O2. The first-order valence-electron chi connectivity index (χ1n) is 6.03. The van der Waals surface area contributed by atoms with Gasteiger partial charge in [0.05, 0.1) is 18.8 Å². The van der Waals surface area contributed by atoms with E-state index in [2.05, 4.69) is 13.8 Å². The molecule has 86 valence electrons. The highest BCUT2D eigenvalue weighted by Gasteiger charge is 2.39. The molecule has 1 aliphatic heterocycles. The molecule has 0 amide bonds. The van der Waals surface area contributed by atoms with E-state index >= 15 is 0 Å². The first-order valence-corrected chi connectivity index (χ1v) is 6.03. The van der Waals surface area contributed by atoms with Crippen LogP contribution >= 0.6 is 0 Å². The highest BCUT2D eigenvalue weighted by Crippen LogP contribution is 2.46. The molecule has 0 saturated heterocycles. The molecule has 2 atom stereocenters. The summed E-state index contributed by atoms with van der Waals surface area (Å²) in [4.78, 5) is 0. The van der Waals surface area contributed by atoms with Gasteiger partial charge in [0, 0.05) is 6.42 Å². The fourth-order valence-corrected chi connectivity index (χ4v) is 3.09. The highest BCUT2D eigenvalue weighted by atomic mass is 16.5. The largest absolute Gasteiger partial charge is 0.393 e. The molecule has 0 aromatic rings. The van der Waals surface area contributed by atoms with E-state index in [4.69, 9.17) is 4.74 Å². The molecule has 0 aromatic carbocycles. The highest BCUT2D eigenvalue weighted by molar-refractivity contribution is 5.31. The maximum absolute atomic E-state index is 9.47. The Labute approximate surface area is 92.3 Å². The molecule has 2 nitrogen and oxygen atoms in total. The van der Waals surface area contributed by atoms with Crippen LogP contribution in [0.15, 0.2) is 11.1 Å². The lowest BCUT2D eigenvalue weighted by Gasteiger charge is -2.34. The number of rotatable bonds is 2. The third-order valence-corrected chi connectivity index (χ3v) is 3.73. The second-order valence-corrected chi connectivity index (χ2v) is 5.64. The molecule has 0 radical (unpaired) electrons.